The van der Waals surface area contributed by atoms with Crippen molar-refractivity contribution < 1.29 is 4.74 Å². The van der Waals surface area contributed by atoms with E-state index in [0.29, 0.717) is 17.7 Å². The molecule has 4 heteroatoms. The first-order valence-corrected chi connectivity index (χ1v) is 6.98. The number of nitrogen functional groups attached to an aromatic ring is 1. The maximum atomic E-state index is 5.70. The van der Waals surface area contributed by atoms with Gasteiger partial charge in [-0.1, -0.05) is 19.9 Å². The van der Waals surface area contributed by atoms with Crippen LogP contribution in [0.2, 0.25) is 0 Å². The second-order valence-corrected chi connectivity index (χ2v) is 5.30. The van der Waals surface area contributed by atoms with Crippen molar-refractivity contribution in [3.8, 4) is 17.0 Å². The van der Waals surface area contributed by atoms with Crippen molar-refractivity contribution in [2.45, 2.75) is 26.7 Å². The summed E-state index contributed by atoms with van der Waals surface area (Å²) >= 11 is 1.45. The fraction of sp³-hybridized carbons (Fsp3) is 0.357. The highest BCUT2D eigenvalue weighted by molar-refractivity contribution is 7.13. The van der Waals surface area contributed by atoms with Crippen LogP contribution in [-0.2, 0) is 0 Å². The van der Waals surface area contributed by atoms with Crippen molar-refractivity contribution in [2.24, 2.45) is 0 Å². The largest absolute Gasteiger partial charge is 0.493 e. The Morgan fingerprint density at radius 3 is 2.72 bits per heavy atom. The normalized spacial score (nSPS) is 10.9. The Balaban J connectivity index is 2.49. The highest BCUT2D eigenvalue weighted by atomic mass is 32.1. The van der Waals surface area contributed by atoms with E-state index in [0.717, 1.165) is 17.0 Å². The topological polar surface area (TPSA) is 48.1 Å². The zero-order valence-electron chi connectivity index (χ0n) is 10.9. The van der Waals surface area contributed by atoms with E-state index in [9.17, 15) is 0 Å². The molecular weight excluding hydrogens is 244 g/mol. The number of anilines is 1. The number of benzene rings is 1. The van der Waals surface area contributed by atoms with Crippen LogP contribution in [0.15, 0.2) is 23.6 Å². The first-order valence-electron chi connectivity index (χ1n) is 6.10. The van der Waals surface area contributed by atoms with E-state index in [1.54, 1.807) is 0 Å². The lowest BCUT2D eigenvalue weighted by atomic mass is 9.99. The minimum atomic E-state index is 0.482. The molecule has 0 amide bonds. The molecule has 0 spiro atoms. The van der Waals surface area contributed by atoms with Crippen LogP contribution in [0.1, 0.15) is 32.3 Å². The lowest BCUT2D eigenvalue weighted by Crippen LogP contribution is -1.97. The molecule has 1 heterocycles. The molecule has 3 nitrogen and oxygen atoms in total. The smallest absolute Gasteiger partial charge is 0.180 e. The Morgan fingerprint density at radius 1 is 1.39 bits per heavy atom. The number of nitrogens with zero attached hydrogens (tertiary/aromatic N) is 1. The third-order valence-electron chi connectivity index (χ3n) is 2.77. The first-order chi connectivity index (χ1) is 8.61. The number of rotatable bonds is 4. The maximum absolute atomic E-state index is 5.70. The summed E-state index contributed by atoms with van der Waals surface area (Å²) in [6.07, 6.45) is 0. The molecule has 18 heavy (non-hydrogen) atoms. The van der Waals surface area contributed by atoms with Gasteiger partial charge in [0, 0.05) is 10.9 Å². The summed E-state index contributed by atoms with van der Waals surface area (Å²) in [6.45, 7) is 6.98. The Kier molecular flexibility index (Phi) is 3.87. The number of hydrogen-bond acceptors (Lipinski definition) is 4. The molecule has 0 saturated heterocycles. The van der Waals surface area contributed by atoms with Crippen LogP contribution in [0, 0.1) is 0 Å². The highest BCUT2D eigenvalue weighted by Gasteiger charge is 2.12. The Hall–Kier alpha value is -1.55. The Labute approximate surface area is 112 Å². The zero-order chi connectivity index (χ0) is 13.1. The average Bonchev–Trinajstić information content (AvgIpc) is 2.76. The minimum absolute atomic E-state index is 0.482. The van der Waals surface area contributed by atoms with Crippen LogP contribution in [0.3, 0.4) is 0 Å². The average molecular weight is 262 g/mol. The lowest BCUT2D eigenvalue weighted by molar-refractivity contribution is 0.341. The van der Waals surface area contributed by atoms with E-state index in [1.165, 1.54) is 16.9 Å². The molecule has 0 bridgehead atoms. The Bertz CT molecular complexity index is 534. The number of hydrogen-bond donors (Lipinski definition) is 1. The summed E-state index contributed by atoms with van der Waals surface area (Å²) in [6, 6.07) is 6.27. The summed E-state index contributed by atoms with van der Waals surface area (Å²) in [5.41, 5.74) is 8.90. The molecule has 0 radical (unpaired) electrons. The summed E-state index contributed by atoms with van der Waals surface area (Å²) in [4.78, 5) is 4.34. The van der Waals surface area contributed by atoms with Gasteiger partial charge >= 0.3 is 0 Å². The van der Waals surface area contributed by atoms with Crippen molar-refractivity contribution in [3.05, 3.63) is 29.1 Å². The van der Waals surface area contributed by atoms with Gasteiger partial charge in [0.2, 0.25) is 0 Å². The molecule has 2 aromatic rings. The molecular formula is C14H18N2OS. The van der Waals surface area contributed by atoms with Gasteiger partial charge in [-0.05, 0) is 30.5 Å². The molecule has 2 N–H and O–H groups in total. The predicted molar refractivity (Wildman–Crippen MR) is 77.2 cm³/mol. The highest BCUT2D eigenvalue weighted by Crippen LogP contribution is 2.34. The minimum Gasteiger partial charge on any atom is -0.493 e. The van der Waals surface area contributed by atoms with E-state index in [1.807, 2.05) is 18.4 Å². The molecule has 96 valence electrons. The molecule has 1 aromatic carbocycles. The third-order valence-corrected chi connectivity index (χ3v) is 3.44. The van der Waals surface area contributed by atoms with Gasteiger partial charge in [0.15, 0.2) is 5.13 Å². The predicted octanol–water partition coefficient (Wildman–Crippen LogP) is 3.91. The summed E-state index contributed by atoms with van der Waals surface area (Å²) in [7, 11) is 0. The molecule has 0 unspecified atom stereocenters. The molecule has 0 aliphatic carbocycles. The molecule has 0 atom stereocenters. The van der Waals surface area contributed by atoms with E-state index in [4.69, 9.17) is 10.5 Å². The summed E-state index contributed by atoms with van der Waals surface area (Å²) in [5.74, 6) is 1.35. The monoisotopic (exact) mass is 262 g/mol. The van der Waals surface area contributed by atoms with Gasteiger partial charge in [0.05, 0.1) is 12.3 Å². The first kappa shape index (κ1) is 12.9. The lowest BCUT2D eigenvalue weighted by Gasteiger charge is -2.12. The summed E-state index contributed by atoms with van der Waals surface area (Å²) in [5, 5.41) is 2.56. The number of nitrogens with two attached hydrogens (primary N) is 1. The molecule has 0 aliphatic heterocycles. The second-order valence-electron chi connectivity index (χ2n) is 4.41. The van der Waals surface area contributed by atoms with Crippen LogP contribution in [0.5, 0.6) is 5.75 Å². The van der Waals surface area contributed by atoms with Crippen molar-refractivity contribution in [1.29, 1.82) is 0 Å². The van der Waals surface area contributed by atoms with Crippen molar-refractivity contribution in [1.82, 2.24) is 4.98 Å². The fourth-order valence-electron chi connectivity index (χ4n) is 1.80. The van der Waals surface area contributed by atoms with Crippen molar-refractivity contribution in [3.63, 3.8) is 0 Å². The van der Waals surface area contributed by atoms with Gasteiger partial charge in [-0.25, -0.2) is 4.98 Å². The fourth-order valence-corrected chi connectivity index (χ4v) is 2.36. The quantitative estimate of drug-likeness (QED) is 0.908. The van der Waals surface area contributed by atoms with Crippen molar-refractivity contribution >= 4 is 16.5 Å². The van der Waals surface area contributed by atoms with E-state index >= 15 is 0 Å². The number of aromatic nitrogens is 1. The van der Waals surface area contributed by atoms with E-state index < -0.39 is 0 Å². The van der Waals surface area contributed by atoms with E-state index in [-0.39, 0.29) is 0 Å². The van der Waals surface area contributed by atoms with Crippen LogP contribution in [-0.4, -0.2) is 11.6 Å². The standard InChI is InChI=1S/C14H18N2OS/c1-4-17-13-6-5-10(9(2)3)7-11(13)12-8-18-14(15)16-12/h5-9H,4H2,1-3H3,(H2,15,16). The number of ether oxygens (including phenoxy) is 1. The second kappa shape index (κ2) is 5.40. The molecule has 2 rings (SSSR count). The van der Waals surface area contributed by atoms with Crippen LogP contribution >= 0.6 is 11.3 Å². The Morgan fingerprint density at radius 2 is 2.17 bits per heavy atom. The van der Waals surface area contributed by atoms with Gasteiger partial charge in [-0.15, -0.1) is 11.3 Å². The maximum Gasteiger partial charge on any atom is 0.180 e. The van der Waals surface area contributed by atoms with Gasteiger partial charge in [0.1, 0.15) is 5.75 Å². The van der Waals surface area contributed by atoms with E-state index in [2.05, 4.69) is 31.0 Å². The van der Waals surface area contributed by atoms with Crippen LogP contribution in [0.25, 0.3) is 11.3 Å². The molecule has 0 fully saturated rings. The van der Waals surface area contributed by atoms with Crippen molar-refractivity contribution in [2.75, 3.05) is 12.3 Å². The SMILES string of the molecule is CCOc1ccc(C(C)C)cc1-c1csc(N)n1. The van der Waals surface area contributed by atoms with Crippen LogP contribution in [0.4, 0.5) is 5.13 Å². The number of thiazole rings is 1. The van der Waals surface area contributed by atoms with Gasteiger partial charge in [0.25, 0.3) is 0 Å². The van der Waals surface area contributed by atoms with Gasteiger partial charge in [-0.3, -0.25) is 0 Å². The molecule has 1 aromatic heterocycles. The van der Waals surface area contributed by atoms with Gasteiger partial charge in [-0.2, -0.15) is 0 Å². The zero-order valence-corrected chi connectivity index (χ0v) is 11.8. The van der Waals surface area contributed by atoms with Gasteiger partial charge < -0.3 is 10.5 Å². The summed E-state index contributed by atoms with van der Waals surface area (Å²) < 4.78 is 5.66. The van der Waals surface area contributed by atoms with Crippen LogP contribution < -0.4 is 10.5 Å². The molecule has 0 aliphatic rings. The molecule has 0 saturated carbocycles. The third kappa shape index (κ3) is 2.64.